The molecule has 28 heavy (non-hydrogen) atoms. The SMILES string of the molecule is Cn1nnnc1SCC1=C(C(=O)O)N2C(=O)[C@@H]3[C@H]2[C@H](C1)CN3C(=O)C(F)(F)F. The van der Waals surface area contributed by atoms with Gasteiger partial charge in [0.05, 0.1) is 6.04 Å². The van der Waals surface area contributed by atoms with E-state index in [0.29, 0.717) is 15.6 Å². The summed E-state index contributed by atoms with van der Waals surface area (Å²) in [5.41, 5.74) is 0.168. The lowest BCUT2D eigenvalue weighted by molar-refractivity contribution is -0.190. The zero-order valence-corrected chi connectivity index (χ0v) is 15.1. The number of carbonyl (C=O) groups excluding carboxylic acids is 2. The number of hydrogen-bond donors (Lipinski definition) is 1. The van der Waals surface area contributed by atoms with Crippen LogP contribution in [0.25, 0.3) is 0 Å². The molecule has 1 aromatic rings. The highest BCUT2D eigenvalue weighted by Crippen LogP contribution is 2.48. The van der Waals surface area contributed by atoms with Crippen molar-refractivity contribution in [2.75, 3.05) is 12.3 Å². The Kier molecular flexibility index (Phi) is 4.13. The van der Waals surface area contributed by atoms with Crippen LogP contribution in [-0.2, 0) is 21.4 Å². The van der Waals surface area contributed by atoms with E-state index in [0.717, 1.165) is 16.7 Å². The maximum absolute atomic E-state index is 12.8. The highest BCUT2D eigenvalue weighted by molar-refractivity contribution is 7.99. The van der Waals surface area contributed by atoms with Crippen LogP contribution in [0.5, 0.6) is 0 Å². The van der Waals surface area contributed by atoms with Gasteiger partial charge in [0, 0.05) is 25.3 Å². The summed E-state index contributed by atoms with van der Waals surface area (Å²) in [7, 11) is 1.60. The minimum atomic E-state index is -5.09. The van der Waals surface area contributed by atoms with Crippen molar-refractivity contribution < 1.29 is 32.7 Å². The molecule has 0 radical (unpaired) electrons. The van der Waals surface area contributed by atoms with E-state index in [4.69, 9.17) is 0 Å². The second kappa shape index (κ2) is 6.18. The van der Waals surface area contributed by atoms with E-state index < -0.39 is 42.0 Å². The van der Waals surface area contributed by atoms with E-state index in [1.165, 1.54) is 4.68 Å². The predicted octanol–water partition coefficient (Wildman–Crippen LogP) is -0.355. The van der Waals surface area contributed by atoms with Gasteiger partial charge in [-0.3, -0.25) is 14.5 Å². The number of aromatic nitrogens is 4. The van der Waals surface area contributed by atoms with E-state index in [1.807, 2.05) is 0 Å². The number of amides is 2. The average Bonchev–Trinajstić information content (AvgIpc) is 3.18. The van der Waals surface area contributed by atoms with Gasteiger partial charge in [0.25, 0.3) is 5.91 Å². The molecule has 1 aromatic heterocycles. The number of hydrogen-bond acceptors (Lipinski definition) is 7. The number of alkyl halides is 3. The molecular formula is C14H13F3N6O4S. The van der Waals surface area contributed by atoms with Crippen molar-refractivity contribution in [2.24, 2.45) is 13.0 Å². The van der Waals surface area contributed by atoms with Gasteiger partial charge in [-0.1, -0.05) is 11.8 Å². The van der Waals surface area contributed by atoms with E-state index in [2.05, 4.69) is 15.5 Å². The number of carboxylic acid groups (broad SMARTS) is 1. The molecule has 0 bridgehead atoms. The van der Waals surface area contributed by atoms with Gasteiger partial charge < -0.3 is 10.0 Å². The number of nitrogens with zero attached hydrogens (tertiary/aromatic N) is 6. The number of aryl methyl sites for hydroxylation is 1. The van der Waals surface area contributed by atoms with Gasteiger partial charge in [-0.05, 0) is 22.4 Å². The van der Waals surface area contributed by atoms with E-state index in [-0.39, 0.29) is 24.4 Å². The fourth-order valence-electron chi connectivity index (χ4n) is 4.03. The van der Waals surface area contributed by atoms with Crippen LogP contribution in [0.15, 0.2) is 16.4 Å². The van der Waals surface area contributed by atoms with Crippen LogP contribution in [0.4, 0.5) is 13.2 Å². The molecule has 4 heterocycles. The lowest BCUT2D eigenvalue weighted by atomic mass is 9.79. The minimum Gasteiger partial charge on any atom is -0.477 e. The molecule has 2 fully saturated rings. The molecule has 3 aliphatic rings. The molecule has 4 rings (SSSR count). The number of carboxylic acids is 1. The number of rotatable bonds is 4. The number of thioether (sulfide) groups is 1. The number of tetrazole rings is 1. The summed E-state index contributed by atoms with van der Waals surface area (Å²) >= 11 is 1.15. The van der Waals surface area contributed by atoms with Crippen molar-refractivity contribution in [3.63, 3.8) is 0 Å². The highest BCUT2D eigenvalue weighted by Gasteiger charge is 2.66. The molecule has 0 saturated carbocycles. The van der Waals surface area contributed by atoms with Crippen molar-refractivity contribution in [3.8, 4) is 0 Å². The van der Waals surface area contributed by atoms with Crippen molar-refractivity contribution >= 4 is 29.5 Å². The van der Waals surface area contributed by atoms with Crippen LogP contribution < -0.4 is 0 Å². The molecule has 0 unspecified atom stereocenters. The molecule has 14 heteroatoms. The molecule has 2 amide bonds. The third kappa shape index (κ3) is 2.65. The Morgan fingerprint density at radius 1 is 1.36 bits per heavy atom. The normalized spacial score (nSPS) is 26.4. The summed E-state index contributed by atoms with van der Waals surface area (Å²) in [4.78, 5) is 37.5. The molecule has 3 aliphatic heterocycles. The van der Waals surface area contributed by atoms with Crippen LogP contribution in [0.1, 0.15) is 6.42 Å². The van der Waals surface area contributed by atoms with Crippen LogP contribution >= 0.6 is 11.8 Å². The largest absolute Gasteiger partial charge is 0.477 e. The van der Waals surface area contributed by atoms with Gasteiger partial charge in [-0.25, -0.2) is 9.48 Å². The Balaban J connectivity index is 1.61. The third-order valence-electron chi connectivity index (χ3n) is 5.11. The zero-order chi connectivity index (χ0) is 20.4. The molecule has 0 aliphatic carbocycles. The van der Waals surface area contributed by atoms with Crippen LogP contribution in [0.3, 0.4) is 0 Å². The zero-order valence-electron chi connectivity index (χ0n) is 14.3. The van der Waals surface area contributed by atoms with Gasteiger partial charge in [-0.15, -0.1) is 5.10 Å². The average molecular weight is 418 g/mol. The van der Waals surface area contributed by atoms with Crippen molar-refractivity contribution in [2.45, 2.75) is 29.8 Å². The van der Waals surface area contributed by atoms with E-state index in [1.54, 1.807) is 7.05 Å². The first kappa shape index (κ1) is 18.7. The highest BCUT2D eigenvalue weighted by atomic mass is 32.2. The van der Waals surface area contributed by atoms with Crippen LogP contribution in [0, 0.1) is 5.92 Å². The first-order valence-electron chi connectivity index (χ1n) is 8.12. The number of carbonyl (C=O) groups is 3. The van der Waals surface area contributed by atoms with Gasteiger partial charge >= 0.3 is 18.1 Å². The van der Waals surface area contributed by atoms with Gasteiger partial charge in [0.2, 0.25) is 5.16 Å². The molecule has 2 saturated heterocycles. The topological polar surface area (TPSA) is 122 Å². The third-order valence-corrected chi connectivity index (χ3v) is 6.21. The Morgan fingerprint density at radius 2 is 2.07 bits per heavy atom. The fourth-order valence-corrected chi connectivity index (χ4v) is 4.91. The van der Waals surface area contributed by atoms with Gasteiger partial charge in [-0.2, -0.15) is 13.2 Å². The van der Waals surface area contributed by atoms with E-state index in [9.17, 15) is 32.7 Å². The van der Waals surface area contributed by atoms with E-state index >= 15 is 0 Å². The molecule has 10 nitrogen and oxygen atoms in total. The van der Waals surface area contributed by atoms with Crippen molar-refractivity contribution in [1.82, 2.24) is 30.0 Å². The summed E-state index contributed by atoms with van der Waals surface area (Å²) in [6.07, 6.45) is -4.92. The first-order valence-corrected chi connectivity index (χ1v) is 9.11. The Morgan fingerprint density at radius 3 is 2.64 bits per heavy atom. The minimum absolute atomic E-state index is 0.154. The van der Waals surface area contributed by atoms with Crippen LogP contribution in [-0.4, -0.2) is 83.5 Å². The molecule has 1 N–H and O–H groups in total. The lowest BCUT2D eigenvalue weighted by Crippen LogP contribution is -2.70. The monoisotopic (exact) mass is 418 g/mol. The van der Waals surface area contributed by atoms with Gasteiger partial charge in [0.15, 0.2) is 0 Å². The van der Waals surface area contributed by atoms with Gasteiger partial charge in [0.1, 0.15) is 11.7 Å². The molecule has 150 valence electrons. The molecular weight excluding hydrogens is 405 g/mol. The Labute approximate surface area is 159 Å². The summed E-state index contributed by atoms with van der Waals surface area (Å²) in [6, 6.07) is -2.00. The maximum Gasteiger partial charge on any atom is 0.471 e. The van der Waals surface area contributed by atoms with Crippen LogP contribution in [0.2, 0.25) is 0 Å². The number of likely N-dealkylation sites (tertiary alicyclic amines) is 1. The first-order chi connectivity index (χ1) is 13.1. The maximum atomic E-state index is 12.8. The van der Waals surface area contributed by atoms with Crippen molar-refractivity contribution in [3.05, 3.63) is 11.3 Å². The standard InChI is InChI=1S/C14H13F3N6O4S/c1-21-13(18-19-20-21)28-4-6-2-5-3-22(12(27)14(15,16)17)9-7(5)23(10(9)24)8(6)11(25)26/h5,7,9H,2-4H2,1H3,(H,25,26)/t5-,7-,9+/m1/s1. The Hall–Kier alpha value is -2.64. The number of β-lactam (4-membered cyclic amide) rings is 1. The molecule has 3 atom stereocenters. The smallest absolute Gasteiger partial charge is 0.471 e. The fraction of sp³-hybridized carbons (Fsp3) is 0.571. The number of halogens is 3. The molecule has 0 aromatic carbocycles. The summed E-state index contributed by atoms with van der Waals surface area (Å²) in [5, 5.41) is 20.9. The molecule has 0 spiro atoms. The second-order valence-electron chi connectivity index (χ2n) is 6.69. The Bertz CT molecular complexity index is 915. The lowest BCUT2D eigenvalue weighted by Gasteiger charge is -2.49. The summed E-state index contributed by atoms with van der Waals surface area (Å²) < 4.78 is 39.9. The quantitative estimate of drug-likeness (QED) is 0.520. The summed E-state index contributed by atoms with van der Waals surface area (Å²) in [5.74, 6) is -4.51. The number of aliphatic carboxylic acids is 1. The summed E-state index contributed by atoms with van der Waals surface area (Å²) in [6.45, 7) is -0.248. The van der Waals surface area contributed by atoms with Crippen molar-refractivity contribution in [1.29, 1.82) is 0 Å². The second-order valence-corrected chi connectivity index (χ2v) is 7.64. The predicted molar refractivity (Wildman–Crippen MR) is 84.5 cm³/mol.